The summed E-state index contributed by atoms with van der Waals surface area (Å²) in [6.07, 6.45) is -0.0970. The fourth-order valence-electron chi connectivity index (χ4n) is 2.78. The quantitative estimate of drug-likeness (QED) is 0.632. The van der Waals surface area contributed by atoms with Crippen molar-refractivity contribution in [1.29, 1.82) is 0 Å². The lowest BCUT2D eigenvalue weighted by molar-refractivity contribution is -0.149. The summed E-state index contributed by atoms with van der Waals surface area (Å²) >= 11 is 6.07. The van der Waals surface area contributed by atoms with Crippen molar-refractivity contribution in [3.05, 3.63) is 23.2 Å². The maximum Gasteiger partial charge on any atom is 0.307 e. The van der Waals surface area contributed by atoms with Crippen LogP contribution in [0.5, 0.6) is 5.75 Å². The predicted molar refractivity (Wildman–Crippen MR) is 105 cm³/mol. The number of amides is 2. The highest BCUT2D eigenvalue weighted by molar-refractivity contribution is 6.32. The predicted octanol–water partition coefficient (Wildman–Crippen LogP) is 1.68. The third-order valence-electron chi connectivity index (χ3n) is 4.16. The molecule has 1 fully saturated rings. The van der Waals surface area contributed by atoms with Crippen molar-refractivity contribution in [3.63, 3.8) is 0 Å². The minimum absolute atomic E-state index is 0.0286. The van der Waals surface area contributed by atoms with E-state index in [9.17, 15) is 14.4 Å². The van der Waals surface area contributed by atoms with Crippen molar-refractivity contribution >= 4 is 35.1 Å². The van der Waals surface area contributed by atoms with Crippen molar-refractivity contribution < 1.29 is 23.9 Å². The Morgan fingerprint density at radius 3 is 2.79 bits per heavy atom. The first-order valence-corrected chi connectivity index (χ1v) is 9.48. The number of carbonyl (C=O) groups excluding carboxylic acids is 3. The van der Waals surface area contributed by atoms with Crippen LogP contribution in [-0.4, -0.2) is 62.1 Å². The molecule has 1 aliphatic rings. The number of hydrogen-bond acceptors (Lipinski definition) is 6. The van der Waals surface area contributed by atoms with Crippen LogP contribution >= 0.6 is 11.6 Å². The van der Waals surface area contributed by atoms with Gasteiger partial charge in [0.05, 0.1) is 31.7 Å². The van der Waals surface area contributed by atoms with Gasteiger partial charge in [0.1, 0.15) is 11.8 Å². The molecule has 9 heteroatoms. The van der Waals surface area contributed by atoms with Crippen LogP contribution in [0.1, 0.15) is 20.3 Å². The van der Waals surface area contributed by atoms with Gasteiger partial charge in [-0.25, -0.2) is 0 Å². The molecule has 0 radical (unpaired) electrons. The number of halogens is 1. The Hall–Kier alpha value is -2.32. The summed E-state index contributed by atoms with van der Waals surface area (Å²) in [6.45, 7) is 5.01. The monoisotopic (exact) mass is 411 g/mol. The van der Waals surface area contributed by atoms with Gasteiger partial charge in [0.25, 0.3) is 0 Å². The second-order valence-electron chi connectivity index (χ2n) is 6.96. The second kappa shape index (κ2) is 10.3. The van der Waals surface area contributed by atoms with E-state index in [1.54, 1.807) is 23.1 Å². The first-order valence-electron chi connectivity index (χ1n) is 9.11. The average molecular weight is 412 g/mol. The molecule has 0 aromatic heterocycles. The molecule has 1 aromatic carbocycles. The Labute approximate surface area is 169 Å². The zero-order valence-corrected chi connectivity index (χ0v) is 17.0. The van der Waals surface area contributed by atoms with Gasteiger partial charge in [-0.05, 0) is 24.1 Å². The van der Waals surface area contributed by atoms with E-state index in [1.165, 1.54) is 7.11 Å². The summed E-state index contributed by atoms with van der Waals surface area (Å²) in [5.74, 6) is -0.331. The van der Waals surface area contributed by atoms with Gasteiger partial charge >= 0.3 is 5.97 Å². The van der Waals surface area contributed by atoms with E-state index in [1.807, 2.05) is 13.8 Å². The molecular formula is C19H26ClN3O5. The lowest BCUT2D eigenvalue weighted by Gasteiger charge is -2.33. The SMILES string of the molecule is COc1ccc(NC(=O)CN2CCNC(=O)C2CC(=O)OCC(C)C)cc1Cl. The minimum Gasteiger partial charge on any atom is -0.495 e. The number of benzene rings is 1. The first-order chi connectivity index (χ1) is 13.3. The van der Waals surface area contributed by atoms with Crippen molar-refractivity contribution in [3.8, 4) is 5.75 Å². The molecule has 28 heavy (non-hydrogen) atoms. The van der Waals surface area contributed by atoms with Crippen LogP contribution in [0.3, 0.4) is 0 Å². The van der Waals surface area contributed by atoms with Gasteiger partial charge in [-0.2, -0.15) is 0 Å². The summed E-state index contributed by atoms with van der Waals surface area (Å²) in [5, 5.41) is 5.84. The number of hydrogen-bond donors (Lipinski definition) is 2. The van der Waals surface area contributed by atoms with Gasteiger partial charge in [-0.15, -0.1) is 0 Å². The van der Waals surface area contributed by atoms with Gasteiger partial charge in [0.2, 0.25) is 11.8 Å². The second-order valence-corrected chi connectivity index (χ2v) is 7.36. The number of rotatable bonds is 8. The number of piperazine rings is 1. The molecule has 2 rings (SSSR count). The Balaban J connectivity index is 1.96. The molecule has 2 amide bonds. The van der Waals surface area contributed by atoms with Gasteiger partial charge in [0.15, 0.2) is 0 Å². The van der Waals surface area contributed by atoms with Crippen molar-refractivity contribution in [2.45, 2.75) is 26.3 Å². The molecular weight excluding hydrogens is 386 g/mol. The molecule has 1 atom stereocenters. The molecule has 1 saturated heterocycles. The summed E-state index contributed by atoms with van der Waals surface area (Å²) < 4.78 is 10.2. The Kier molecular flexibility index (Phi) is 8.07. The molecule has 1 aliphatic heterocycles. The highest BCUT2D eigenvalue weighted by Crippen LogP contribution is 2.27. The van der Waals surface area contributed by atoms with E-state index in [-0.39, 0.29) is 30.7 Å². The van der Waals surface area contributed by atoms with E-state index in [0.717, 1.165) is 0 Å². The normalized spacial score (nSPS) is 17.2. The smallest absolute Gasteiger partial charge is 0.307 e. The number of carbonyl (C=O) groups is 3. The molecule has 2 N–H and O–H groups in total. The topological polar surface area (TPSA) is 97.0 Å². The molecule has 0 saturated carbocycles. The number of methoxy groups -OCH3 is 1. The Bertz CT molecular complexity index is 726. The third kappa shape index (κ3) is 6.38. The lowest BCUT2D eigenvalue weighted by atomic mass is 10.1. The van der Waals surface area contributed by atoms with Crippen molar-refractivity contribution in [2.24, 2.45) is 5.92 Å². The van der Waals surface area contributed by atoms with E-state index in [0.29, 0.717) is 36.2 Å². The fourth-order valence-corrected chi connectivity index (χ4v) is 3.04. The van der Waals surface area contributed by atoms with E-state index in [2.05, 4.69) is 10.6 Å². The van der Waals surface area contributed by atoms with Crippen LogP contribution < -0.4 is 15.4 Å². The molecule has 0 aliphatic carbocycles. The van der Waals surface area contributed by atoms with E-state index in [4.69, 9.17) is 21.1 Å². The molecule has 1 unspecified atom stereocenters. The lowest BCUT2D eigenvalue weighted by Crippen LogP contribution is -2.57. The number of anilines is 1. The molecule has 0 bridgehead atoms. The van der Waals surface area contributed by atoms with Gasteiger partial charge in [0, 0.05) is 18.8 Å². The van der Waals surface area contributed by atoms with Crippen LogP contribution in [0.25, 0.3) is 0 Å². The Morgan fingerprint density at radius 2 is 2.14 bits per heavy atom. The average Bonchev–Trinajstić information content (AvgIpc) is 2.63. The molecule has 154 valence electrons. The largest absolute Gasteiger partial charge is 0.495 e. The Morgan fingerprint density at radius 1 is 1.39 bits per heavy atom. The zero-order valence-electron chi connectivity index (χ0n) is 16.3. The molecule has 0 spiro atoms. The van der Waals surface area contributed by atoms with Crippen LogP contribution in [0.4, 0.5) is 5.69 Å². The van der Waals surface area contributed by atoms with Crippen LogP contribution in [0, 0.1) is 5.92 Å². The molecule has 8 nitrogen and oxygen atoms in total. The fraction of sp³-hybridized carbons (Fsp3) is 0.526. The highest BCUT2D eigenvalue weighted by Gasteiger charge is 2.33. The van der Waals surface area contributed by atoms with Gasteiger partial charge < -0.3 is 20.1 Å². The maximum absolute atomic E-state index is 12.4. The number of ether oxygens (including phenoxy) is 2. The van der Waals surface area contributed by atoms with E-state index >= 15 is 0 Å². The third-order valence-corrected chi connectivity index (χ3v) is 4.46. The standard InChI is InChI=1S/C19H26ClN3O5/c1-12(2)11-28-18(25)9-15-19(26)21-6-7-23(15)10-17(24)22-13-4-5-16(27-3)14(20)8-13/h4-5,8,12,15H,6-7,9-11H2,1-3H3,(H,21,26)(H,22,24). The number of nitrogens with one attached hydrogen (secondary N) is 2. The summed E-state index contributed by atoms with van der Waals surface area (Å²) in [5.41, 5.74) is 0.519. The first kappa shape index (κ1) is 22.0. The number of nitrogens with zero attached hydrogens (tertiary/aromatic N) is 1. The van der Waals surface area contributed by atoms with Crippen LogP contribution in [-0.2, 0) is 19.1 Å². The van der Waals surface area contributed by atoms with Gasteiger partial charge in [-0.1, -0.05) is 25.4 Å². The number of esters is 1. The van der Waals surface area contributed by atoms with Crippen LogP contribution in [0.15, 0.2) is 18.2 Å². The summed E-state index contributed by atoms with van der Waals surface area (Å²) in [7, 11) is 1.51. The summed E-state index contributed by atoms with van der Waals surface area (Å²) in [4.78, 5) is 38.3. The molecule has 1 aromatic rings. The van der Waals surface area contributed by atoms with Crippen LogP contribution in [0.2, 0.25) is 5.02 Å². The van der Waals surface area contributed by atoms with Crippen molar-refractivity contribution in [2.75, 3.05) is 38.7 Å². The van der Waals surface area contributed by atoms with Gasteiger partial charge in [-0.3, -0.25) is 19.3 Å². The zero-order chi connectivity index (χ0) is 20.7. The van der Waals surface area contributed by atoms with Crippen molar-refractivity contribution in [1.82, 2.24) is 10.2 Å². The highest BCUT2D eigenvalue weighted by atomic mass is 35.5. The minimum atomic E-state index is -0.737. The molecule has 1 heterocycles. The van der Waals surface area contributed by atoms with E-state index < -0.39 is 12.0 Å². The summed E-state index contributed by atoms with van der Waals surface area (Å²) in [6, 6.07) is 4.17. The maximum atomic E-state index is 12.4.